The number of hydrogen-bond donors (Lipinski definition) is 2. The highest BCUT2D eigenvalue weighted by atomic mass is 19.2. The molecule has 0 fully saturated rings. The summed E-state index contributed by atoms with van der Waals surface area (Å²) in [5.41, 5.74) is 0.0470. The Hall–Kier alpha value is -1.07. The summed E-state index contributed by atoms with van der Waals surface area (Å²) in [5, 5.41) is 11.7. The first-order chi connectivity index (χ1) is 7.58. The maximum atomic E-state index is 13.2. The van der Waals surface area contributed by atoms with Gasteiger partial charge in [-0.2, -0.15) is 0 Å². The van der Waals surface area contributed by atoms with Gasteiger partial charge in [0.05, 0.1) is 6.61 Å². The molecule has 1 atom stereocenters. The van der Waals surface area contributed by atoms with E-state index in [4.69, 9.17) is 5.11 Å². The van der Waals surface area contributed by atoms with Gasteiger partial charge in [0.1, 0.15) is 5.82 Å². The molecule has 0 spiro atoms. The zero-order chi connectivity index (χ0) is 12.1. The summed E-state index contributed by atoms with van der Waals surface area (Å²) in [6.45, 7) is 1.83. The average Bonchev–Trinajstić information content (AvgIpc) is 2.26. The lowest BCUT2D eigenvalue weighted by molar-refractivity contribution is 0.238. The molecular weight excluding hydrogens is 219 g/mol. The summed E-state index contributed by atoms with van der Waals surface area (Å²) >= 11 is 0. The van der Waals surface area contributed by atoms with Crippen LogP contribution in [0, 0.1) is 17.5 Å². The minimum atomic E-state index is -1.20. The number of aliphatic hydroxyl groups excluding tert-OH is 1. The molecule has 0 bridgehead atoms. The molecule has 1 rings (SSSR count). The molecule has 0 aromatic heterocycles. The van der Waals surface area contributed by atoms with E-state index < -0.39 is 17.5 Å². The van der Waals surface area contributed by atoms with Gasteiger partial charge in [-0.25, -0.2) is 13.2 Å². The van der Waals surface area contributed by atoms with Gasteiger partial charge in [0.25, 0.3) is 0 Å². The predicted molar refractivity (Wildman–Crippen MR) is 54.3 cm³/mol. The maximum Gasteiger partial charge on any atom is 0.161 e. The smallest absolute Gasteiger partial charge is 0.161 e. The minimum Gasteiger partial charge on any atom is -0.395 e. The van der Waals surface area contributed by atoms with Gasteiger partial charge >= 0.3 is 0 Å². The van der Waals surface area contributed by atoms with Crippen molar-refractivity contribution in [2.45, 2.75) is 25.9 Å². The van der Waals surface area contributed by atoms with Crippen LogP contribution in [0.1, 0.15) is 18.9 Å². The van der Waals surface area contributed by atoms with Crippen molar-refractivity contribution in [2.24, 2.45) is 0 Å². The molecule has 1 aromatic carbocycles. The Kier molecular flexibility index (Phi) is 4.76. The molecule has 2 nitrogen and oxygen atoms in total. The highest BCUT2D eigenvalue weighted by Crippen LogP contribution is 2.13. The van der Waals surface area contributed by atoms with Crippen LogP contribution in [0.2, 0.25) is 0 Å². The molecule has 0 radical (unpaired) electrons. The predicted octanol–water partition coefficient (Wildman–Crippen LogP) is 1.96. The molecule has 0 aliphatic heterocycles. The Labute approximate surface area is 92.1 Å². The van der Waals surface area contributed by atoms with Gasteiger partial charge in [-0.05, 0) is 12.5 Å². The monoisotopic (exact) mass is 233 g/mol. The van der Waals surface area contributed by atoms with Gasteiger partial charge in [-0.3, -0.25) is 0 Å². The Morgan fingerprint density at radius 1 is 1.19 bits per heavy atom. The lowest BCUT2D eigenvalue weighted by Crippen LogP contribution is -2.31. The molecule has 90 valence electrons. The SMILES string of the molecule is CCC(CO)NCc1cc(F)c(F)cc1F. The summed E-state index contributed by atoms with van der Waals surface area (Å²) in [6, 6.07) is 1.17. The lowest BCUT2D eigenvalue weighted by Gasteiger charge is -2.14. The molecule has 0 saturated carbocycles. The summed E-state index contributed by atoms with van der Waals surface area (Å²) in [7, 11) is 0. The third-order valence-electron chi connectivity index (χ3n) is 2.38. The first-order valence-corrected chi connectivity index (χ1v) is 5.06. The van der Waals surface area contributed by atoms with E-state index in [9.17, 15) is 13.2 Å². The van der Waals surface area contributed by atoms with E-state index in [1.54, 1.807) is 0 Å². The fraction of sp³-hybridized carbons (Fsp3) is 0.455. The molecule has 0 aliphatic carbocycles. The van der Waals surface area contributed by atoms with Crippen molar-refractivity contribution in [1.29, 1.82) is 0 Å². The van der Waals surface area contributed by atoms with Gasteiger partial charge in [0.2, 0.25) is 0 Å². The minimum absolute atomic E-state index is 0.0470. The van der Waals surface area contributed by atoms with Crippen molar-refractivity contribution in [3.8, 4) is 0 Å². The van der Waals surface area contributed by atoms with Crippen molar-refractivity contribution in [2.75, 3.05) is 6.61 Å². The van der Waals surface area contributed by atoms with E-state index >= 15 is 0 Å². The number of hydrogen-bond acceptors (Lipinski definition) is 2. The maximum absolute atomic E-state index is 13.2. The molecule has 0 saturated heterocycles. The van der Waals surface area contributed by atoms with Gasteiger partial charge in [0, 0.05) is 24.2 Å². The second-order valence-corrected chi connectivity index (χ2v) is 3.53. The lowest BCUT2D eigenvalue weighted by atomic mass is 10.1. The Bertz CT molecular complexity index is 353. The quantitative estimate of drug-likeness (QED) is 0.762. The van der Waals surface area contributed by atoms with E-state index in [1.165, 1.54) is 0 Å². The number of aliphatic hydroxyl groups is 1. The standard InChI is InChI=1S/C11H14F3NO/c1-2-8(6-16)15-5-7-3-10(13)11(14)4-9(7)12/h3-4,8,15-16H,2,5-6H2,1H3. The molecule has 2 N–H and O–H groups in total. The third kappa shape index (κ3) is 3.21. The highest BCUT2D eigenvalue weighted by molar-refractivity contribution is 5.19. The van der Waals surface area contributed by atoms with E-state index in [0.717, 1.165) is 6.07 Å². The third-order valence-corrected chi connectivity index (χ3v) is 2.38. The Morgan fingerprint density at radius 2 is 1.81 bits per heavy atom. The first-order valence-electron chi connectivity index (χ1n) is 5.06. The number of rotatable bonds is 5. The van der Waals surface area contributed by atoms with Crippen LogP contribution in [0.15, 0.2) is 12.1 Å². The summed E-state index contributed by atoms with van der Waals surface area (Å²) in [5.74, 6) is -3.06. The Balaban J connectivity index is 2.70. The summed E-state index contributed by atoms with van der Waals surface area (Å²) in [4.78, 5) is 0. The molecule has 0 aliphatic rings. The Morgan fingerprint density at radius 3 is 2.38 bits per heavy atom. The van der Waals surface area contributed by atoms with Crippen LogP contribution in [0.4, 0.5) is 13.2 Å². The fourth-order valence-corrected chi connectivity index (χ4v) is 1.29. The number of benzene rings is 1. The number of halogens is 3. The van der Waals surface area contributed by atoms with Gasteiger partial charge in [0.15, 0.2) is 11.6 Å². The zero-order valence-electron chi connectivity index (χ0n) is 8.93. The second-order valence-electron chi connectivity index (χ2n) is 3.53. The van der Waals surface area contributed by atoms with Gasteiger partial charge < -0.3 is 10.4 Å². The largest absolute Gasteiger partial charge is 0.395 e. The zero-order valence-corrected chi connectivity index (χ0v) is 8.93. The van der Waals surface area contributed by atoms with Crippen molar-refractivity contribution >= 4 is 0 Å². The van der Waals surface area contributed by atoms with E-state index in [1.807, 2.05) is 6.92 Å². The summed E-state index contributed by atoms with van der Waals surface area (Å²) < 4.78 is 38.6. The van der Waals surface area contributed by atoms with E-state index in [0.29, 0.717) is 12.5 Å². The van der Waals surface area contributed by atoms with Crippen LogP contribution in [0.5, 0.6) is 0 Å². The molecule has 16 heavy (non-hydrogen) atoms. The van der Waals surface area contributed by atoms with Crippen molar-refractivity contribution in [1.82, 2.24) is 5.32 Å². The first kappa shape index (κ1) is 13.0. The van der Waals surface area contributed by atoms with Crippen LogP contribution < -0.4 is 5.32 Å². The second kappa shape index (κ2) is 5.86. The van der Waals surface area contributed by atoms with Crippen molar-refractivity contribution < 1.29 is 18.3 Å². The molecule has 0 amide bonds. The van der Waals surface area contributed by atoms with Crippen LogP contribution >= 0.6 is 0 Å². The molecule has 5 heteroatoms. The molecular formula is C11H14F3NO. The fourth-order valence-electron chi connectivity index (χ4n) is 1.29. The van der Waals surface area contributed by atoms with Crippen LogP contribution in [-0.2, 0) is 6.54 Å². The number of nitrogens with one attached hydrogen (secondary N) is 1. The topological polar surface area (TPSA) is 32.3 Å². The van der Waals surface area contributed by atoms with Crippen molar-refractivity contribution in [3.63, 3.8) is 0 Å². The van der Waals surface area contributed by atoms with Gasteiger partial charge in [-0.1, -0.05) is 6.92 Å². The van der Waals surface area contributed by atoms with E-state index in [2.05, 4.69) is 5.32 Å². The van der Waals surface area contributed by atoms with E-state index in [-0.39, 0.29) is 24.8 Å². The molecule has 1 unspecified atom stereocenters. The normalized spacial score (nSPS) is 12.8. The van der Waals surface area contributed by atoms with Crippen LogP contribution in [0.3, 0.4) is 0 Å². The average molecular weight is 233 g/mol. The van der Waals surface area contributed by atoms with Crippen LogP contribution in [0.25, 0.3) is 0 Å². The molecule has 0 heterocycles. The summed E-state index contributed by atoms with van der Waals surface area (Å²) in [6.07, 6.45) is 0.668. The molecule has 1 aromatic rings. The van der Waals surface area contributed by atoms with Crippen molar-refractivity contribution in [3.05, 3.63) is 35.1 Å². The van der Waals surface area contributed by atoms with Crippen LogP contribution in [-0.4, -0.2) is 17.8 Å². The highest BCUT2D eigenvalue weighted by Gasteiger charge is 2.11. The van der Waals surface area contributed by atoms with Gasteiger partial charge in [-0.15, -0.1) is 0 Å².